The van der Waals surface area contributed by atoms with Gasteiger partial charge < -0.3 is 15.5 Å². The Kier molecular flexibility index (Phi) is 5.92. The fourth-order valence-corrected chi connectivity index (χ4v) is 2.49. The molecule has 21 heavy (non-hydrogen) atoms. The first-order valence-corrected chi connectivity index (χ1v) is 7.66. The van der Waals surface area contributed by atoms with Crippen molar-refractivity contribution in [1.82, 2.24) is 20.2 Å². The van der Waals surface area contributed by atoms with Crippen molar-refractivity contribution in [2.24, 2.45) is 0 Å². The maximum absolute atomic E-state index is 11.9. The van der Waals surface area contributed by atoms with Crippen LogP contribution in [-0.4, -0.2) is 54.0 Å². The Labute approximate surface area is 126 Å². The Hall–Kier alpha value is -1.69. The Morgan fingerprint density at radius 1 is 1.29 bits per heavy atom. The number of carbonyl (C=O) groups is 1. The molecule has 1 aromatic heterocycles. The summed E-state index contributed by atoms with van der Waals surface area (Å²) < 4.78 is 0. The van der Waals surface area contributed by atoms with Crippen LogP contribution in [0.4, 0.5) is 5.82 Å². The van der Waals surface area contributed by atoms with Crippen molar-refractivity contribution >= 4 is 11.7 Å². The zero-order chi connectivity index (χ0) is 15.1. The molecule has 0 radical (unpaired) electrons. The van der Waals surface area contributed by atoms with Gasteiger partial charge in [0.2, 0.25) is 0 Å². The lowest BCUT2D eigenvalue weighted by Gasteiger charge is -2.12. The number of nitrogens with one attached hydrogen (secondary N) is 2. The third kappa shape index (κ3) is 5.30. The highest BCUT2D eigenvalue weighted by atomic mass is 16.1. The summed E-state index contributed by atoms with van der Waals surface area (Å²) in [6.45, 7) is 1.61. The van der Waals surface area contributed by atoms with E-state index in [1.165, 1.54) is 25.7 Å². The van der Waals surface area contributed by atoms with Crippen LogP contribution in [0, 0.1) is 0 Å². The molecule has 1 heterocycles. The molecule has 2 N–H and O–H groups in total. The zero-order valence-electron chi connectivity index (χ0n) is 12.9. The number of rotatable bonds is 7. The predicted molar refractivity (Wildman–Crippen MR) is 83.4 cm³/mol. The van der Waals surface area contributed by atoms with Crippen molar-refractivity contribution in [3.8, 4) is 0 Å². The van der Waals surface area contributed by atoms with Crippen LogP contribution in [-0.2, 0) is 0 Å². The van der Waals surface area contributed by atoms with E-state index in [1.54, 1.807) is 12.4 Å². The van der Waals surface area contributed by atoms with Gasteiger partial charge in [0.1, 0.15) is 11.5 Å². The Bertz CT molecular complexity index is 440. The van der Waals surface area contributed by atoms with Crippen LogP contribution < -0.4 is 10.6 Å². The molecule has 0 aromatic carbocycles. The molecule has 6 nitrogen and oxygen atoms in total. The molecule has 1 fully saturated rings. The summed E-state index contributed by atoms with van der Waals surface area (Å²) >= 11 is 0. The zero-order valence-corrected chi connectivity index (χ0v) is 12.9. The minimum atomic E-state index is -0.159. The Morgan fingerprint density at radius 3 is 2.67 bits per heavy atom. The van der Waals surface area contributed by atoms with E-state index in [-0.39, 0.29) is 5.91 Å². The summed E-state index contributed by atoms with van der Waals surface area (Å²) in [6.07, 6.45) is 9.04. The lowest BCUT2D eigenvalue weighted by atomic mass is 10.2. The van der Waals surface area contributed by atoms with Gasteiger partial charge in [0.25, 0.3) is 5.91 Å². The molecular formula is C15H25N5O. The van der Waals surface area contributed by atoms with Crippen LogP contribution in [0.3, 0.4) is 0 Å². The lowest BCUT2D eigenvalue weighted by molar-refractivity contribution is 0.0947. The van der Waals surface area contributed by atoms with E-state index in [0.29, 0.717) is 18.3 Å². The summed E-state index contributed by atoms with van der Waals surface area (Å²) in [5, 5.41) is 6.22. The molecule has 116 valence electrons. The SMILES string of the molecule is CN(C)CCCNC(=O)c1cnc(NC2CCCC2)cn1. The Morgan fingerprint density at radius 2 is 2.05 bits per heavy atom. The predicted octanol–water partition coefficient (Wildman–Crippen LogP) is 1.51. The topological polar surface area (TPSA) is 70.2 Å². The second kappa shape index (κ2) is 7.93. The maximum atomic E-state index is 11.9. The highest BCUT2D eigenvalue weighted by Crippen LogP contribution is 2.20. The summed E-state index contributed by atoms with van der Waals surface area (Å²) in [5.74, 6) is 0.597. The van der Waals surface area contributed by atoms with E-state index in [9.17, 15) is 4.79 Å². The maximum Gasteiger partial charge on any atom is 0.271 e. The molecule has 0 bridgehead atoms. The minimum absolute atomic E-state index is 0.159. The average Bonchev–Trinajstić information content (AvgIpc) is 2.97. The van der Waals surface area contributed by atoms with Gasteiger partial charge >= 0.3 is 0 Å². The van der Waals surface area contributed by atoms with Crippen LogP contribution in [0.5, 0.6) is 0 Å². The van der Waals surface area contributed by atoms with Gasteiger partial charge in [0.15, 0.2) is 0 Å². The van der Waals surface area contributed by atoms with Crippen LogP contribution in [0.1, 0.15) is 42.6 Å². The quantitative estimate of drug-likeness (QED) is 0.745. The van der Waals surface area contributed by atoms with Gasteiger partial charge in [-0.25, -0.2) is 9.97 Å². The lowest BCUT2D eigenvalue weighted by Crippen LogP contribution is -2.28. The van der Waals surface area contributed by atoms with Crippen LogP contribution >= 0.6 is 0 Å². The molecule has 1 amide bonds. The van der Waals surface area contributed by atoms with Crippen molar-refractivity contribution in [3.05, 3.63) is 18.1 Å². The second-order valence-electron chi connectivity index (χ2n) is 5.83. The van der Waals surface area contributed by atoms with Crippen LogP contribution in [0.2, 0.25) is 0 Å². The van der Waals surface area contributed by atoms with E-state index in [1.807, 2.05) is 14.1 Å². The summed E-state index contributed by atoms with van der Waals surface area (Å²) in [4.78, 5) is 22.5. The molecule has 1 aliphatic carbocycles. The average molecular weight is 291 g/mol. The number of carbonyl (C=O) groups excluding carboxylic acids is 1. The summed E-state index contributed by atoms with van der Waals surface area (Å²) in [7, 11) is 4.03. The number of nitrogens with zero attached hydrogens (tertiary/aromatic N) is 3. The van der Waals surface area contributed by atoms with E-state index in [2.05, 4.69) is 25.5 Å². The molecule has 6 heteroatoms. The van der Waals surface area contributed by atoms with E-state index >= 15 is 0 Å². The monoisotopic (exact) mass is 291 g/mol. The van der Waals surface area contributed by atoms with Gasteiger partial charge in [0, 0.05) is 12.6 Å². The standard InChI is InChI=1S/C15H25N5O/c1-20(2)9-5-8-16-15(21)13-10-18-14(11-17-13)19-12-6-3-4-7-12/h10-12H,3-9H2,1-2H3,(H,16,21)(H,18,19). The van der Waals surface area contributed by atoms with E-state index < -0.39 is 0 Å². The molecule has 1 saturated carbocycles. The molecule has 0 saturated heterocycles. The van der Waals surface area contributed by atoms with Gasteiger partial charge in [-0.1, -0.05) is 12.8 Å². The van der Waals surface area contributed by atoms with Crippen molar-refractivity contribution in [3.63, 3.8) is 0 Å². The van der Waals surface area contributed by atoms with Crippen molar-refractivity contribution in [2.45, 2.75) is 38.1 Å². The van der Waals surface area contributed by atoms with E-state index in [0.717, 1.165) is 18.8 Å². The van der Waals surface area contributed by atoms with Crippen molar-refractivity contribution in [1.29, 1.82) is 0 Å². The number of anilines is 1. The molecule has 0 unspecified atom stereocenters. The summed E-state index contributed by atoms with van der Waals surface area (Å²) in [5.41, 5.74) is 0.372. The molecular weight excluding hydrogens is 266 g/mol. The number of amides is 1. The fraction of sp³-hybridized carbons (Fsp3) is 0.667. The molecule has 0 aliphatic heterocycles. The molecule has 0 spiro atoms. The van der Waals surface area contributed by atoms with Crippen LogP contribution in [0.15, 0.2) is 12.4 Å². The van der Waals surface area contributed by atoms with Gasteiger partial charge in [-0.05, 0) is 39.9 Å². The van der Waals surface area contributed by atoms with Gasteiger partial charge in [-0.15, -0.1) is 0 Å². The van der Waals surface area contributed by atoms with Crippen LogP contribution in [0.25, 0.3) is 0 Å². The fourth-order valence-electron chi connectivity index (χ4n) is 2.49. The third-order valence-corrected chi connectivity index (χ3v) is 3.66. The molecule has 1 aliphatic rings. The Balaban J connectivity index is 1.76. The first-order chi connectivity index (χ1) is 10.1. The first-order valence-electron chi connectivity index (χ1n) is 7.66. The molecule has 0 atom stereocenters. The van der Waals surface area contributed by atoms with Gasteiger partial charge in [0.05, 0.1) is 12.4 Å². The van der Waals surface area contributed by atoms with E-state index in [4.69, 9.17) is 0 Å². The van der Waals surface area contributed by atoms with Gasteiger partial charge in [-0.3, -0.25) is 4.79 Å². The number of aromatic nitrogens is 2. The number of hydrogen-bond acceptors (Lipinski definition) is 5. The highest BCUT2D eigenvalue weighted by molar-refractivity contribution is 5.91. The van der Waals surface area contributed by atoms with Crippen molar-refractivity contribution in [2.75, 3.05) is 32.5 Å². The third-order valence-electron chi connectivity index (χ3n) is 3.66. The molecule has 2 rings (SSSR count). The van der Waals surface area contributed by atoms with Crippen molar-refractivity contribution < 1.29 is 4.79 Å². The summed E-state index contributed by atoms with van der Waals surface area (Å²) in [6, 6.07) is 0.505. The number of hydrogen-bond donors (Lipinski definition) is 2. The second-order valence-corrected chi connectivity index (χ2v) is 5.83. The minimum Gasteiger partial charge on any atom is -0.366 e. The smallest absolute Gasteiger partial charge is 0.271 e. The first kappa shape index (κ1) is 15.7. The normalized spacial score (nSPS) is 15.4. The highest BCUT2D eigenvalue weighted by Gasteiger charge is 2.15. The molecule has 1 aromatic rings. The largest absolute Gasteiger partial charge is 0.366 e. The van der Waals surface area contributed by atoms with Gasteiger partial charge in [-0.2, -0.15) is 0 Å².